The number of carbonyl (C=O) groups is 1. The Morgan fingerprint density at radius 2 is 1.96 bits per heavy atom. The number of non-ortho nitro benzene ring substituents is 1. The van der Waals surface area contributed by atoms with Crippen LogP contribution in [0.5, 0.6) is 11.5 Å². The summed E-state index contributed by atoms with van der Waals surface area (Å²) < 4.78 is 16.6. The molecule has 2 aromatic rings. The second-order valence-electron chi connectivity index (χ2n) is 6.66. The van der Waals surface area contributed by atoms with Gasteiger partial charge in [-0.3, -0.25) is 10.1 Å². The van der Waals surface area contributed by atoms with E-state index in [2.05, 4.69) is 0 Å². The summed E-state index contributed by atoms with van der Waals surface area (Å²) in [7, 11) is 0. The summed E-state index contributed by atoms with van der Waals surface area (Å²) in [6.07, 6.45) is 0.782. The van der Waals surface area contributed by atoms with E-state index in [9.17, 15) is 14.9 Å². The Kier molecular flexibility index (Phi) is 4.79. The molecule has 26 heavy (non-hydrogen) atoms. The molecule has 3 rings (SSSR count). The molecule has 0 N–H and O–H groups in total. The predicted octanol–water partition coefficient (Wildman–Crippen LogP) is 3.43. The van der Waals surface area contributed by atoms with Gasteiger partial charge in [-0.1, -0.05) is 12.1 Å². The number of nitro benzene ring substituents is 1. The van der Waals surface area contributed by atoms with Gasteiger partial charge in [0, 0.05) is 24.1 Å². The van der Waals surface area contributed by atoms with Gasteiger partial charge in [0.1, 0.15) is 12.2 Å². The Labute approximate surface area is 150 Å². The summed E-state index contributed by atoms with van der Waals surface area (Å²) in [5.41, 5.74) is 1.41. The molecule has 1 heterocycles. The van der Waals surface area contributed by atoms with Crippen LogP contribution in [0.3, 0.4) is 0 Å². The molecule has 0 aromatic heterocycles. The van der Waals surface area contributed by atoms with Crippen LogP contribution in [-0.4, -0.2) is 23.1 Å². The largest absolute Gasteiger partial charge is 0.483 e. The normalized spacial score (nSPS) is 14.2. The number of hydrogen-bond donors (Lipinski definition) is 0. The summed E-state index contributed by atoms with van der Waals surface area (Å²) in [5, 5.41) is 10.6. The number of rotatable bonds is 6. The van der Waals surface area contributed by atoms with Crippen LogP contribution < -0.4 is 9.47 Å². The highest BCUT2D eigenvalue weighted by atomic mass is 16.6. The molecule has 0 fully saturated rings. The van der Waals surface area contributed by atoms with Crippen LogP contribution in [0, 0.1) is 10.1 Å². The molecule has 7 nitrogen and oxygen atoms in total. The molecule has 7 heteroatoms. The Balaban J connectivity index is 1.52. The number of fused-ring (bicyclic) bond motifs is 1. The lowest BCUT2D eigenvalue weighted by Gasteiger charge is -2.18. The number of nitro groups is 1. The standard InChI is InChI=1S/C19H19NO6/c1-19(2)10-14-4-3-5-16(18(14)26-19)24-12-17(21)25-11-13-6-8-15(9-7-13)20(22)23/h3-9H,10-12H2,1-2H3. The van der Waals surface area contributed by atoms with E-state index in [0.29, 0.717) is 17.1 Å². The summed E-state index contributed by atoms with van der Waals surface area (Å²) in [6.45, 7) is 3.77. The first-order chi connectivity index (χ1) is 12.3. The minimum Gasteiger partial charge on any atom is -0.483 e. The molecule has 0 unspecified atom stereocenters. The Bertz CT molecular complexity index is 828. The molecule has 0 atom stereocenters. The molecular weight excluding hydrogens is 338 g/mol. The van der Waals surface area contributed by atoms with Gasteiger partial charge >= 0.3 is 5.97 Å². The average molecular weight is 357 g/mol. The van der Waals surface area contributed by atoms with Crippen molar-refractivity contribution >= 4 is 11.7 Å². The smallest absolute Gasteiger partial charge is 0.344 e. The second-order valence-corrected chi connectivity index (χ2v) is 6.66. The first-order valence-electron chi connectivity index (χ1n) is 8.17. The number of esters is 1. The van der Waals surface area contributed by atoms with E-state index in [1.54, 1.807) is 18.2 Å². The van der Waals surface area contributed by atoms with Gasteiger partial charge in [0.2, 0.25) is 0 Å². The van der Waals surface area contributed by atoms with Crippen LogP contribution in [0.15, 0.2) is 42.5 Å². The lowest BCUT2D eigenvalue weighted by molar-refractivity contribution is -0.384. The third kappa shape index (κ3) is 4.11. The molecule has 136 valence electrons. The maximum atomic E-state index is 11.9. The monoisotopic (exact) mass is 357 g/mol. The highest BCUT2D eigenvalue weighted by Crippen LogP contribution is 2.41. The van der Waals surface area contributed by atoms with Crippen molar-refractivity contribution in [1.82, 2.24) is 0 Å². The Morgan fingerprint density at radius 1 is 1.23 bits per heavy atom. The van der Waals surface area contributed by atoms with Crippen molar-refractivity contribution in [2.24, 2.45) is 0 Å². The summed E-state index contributed by atoms with van der Waals surface area (Å²) in [6, 6.07) is 11.4. The van der Waals surface area contributed by atoms with E-state index < -0.39 is 10.9 Å². The van der Waals surface area contributed by atoms with E-state index in [0.717, 1.165) is 12.0 Å². The van der Waals surface area contributed by atoms with E-state index >= 15 is 0 Å². The minimum atomic E-state index is -0.529. The Morgan fingerprint density at radius 3 is 2.65 bits per heavy atom. The van der Waals surface area contributed by atoms with Crippen molar-refractivity contribution < 1.29 is 23.9 Å². The molecule has 0 aliphatic carbocycles. The van der Waals surface area contributed by atoms with E-state index in [1.807, 2.05) is 26.0 Å². The van der Waals surface area contributed by atoms with Crippen LogP contribution in [0.4, 0.5) is 5.69 Å². The van der Waals surface area contributed by atoms with Gasteiger partial charge < -0.3 is 14.2 Å². The fraction of sp³-hybridized carbons (Fsp3) is 0.316. The van der Waals surface area contributed by atoms with Gasteiger partial charge in [0.05, 0.1) is 4.92 Å². The highest BCUT2D eigenvalue weighted by molar-refractivity contribution is 5.71. The van der Waals surface area contributed by atoms with Gasteiger partial charge in [-0.05, 0) is 37.6 Å². The first kappa shape index (κ1) is 17.7. The highest BCUT2D eigenvalue weighted by Gasteiger charge is 2.32. The SMILES string of the molecule is CC1(C)Cc2cccc(OCC(=O)OCc3ccc([N+](=O)[O-])cc3)c2O1. The van der Waals surface area contributed by atoms with Gasteiger partial charge in [-0.25, -0.2) is 4.79 Å². The van der Waals surface area contributed by atoms with Crippen LogP contribution in [0.2, 0.25) is 0 Å². The van der Waals surface area contributed by atoms with Gasteiger partial charge in [-0.15, -0.1) is 0 Å². The number of ether oxygens (including phenoxy) is 3. The van der Waals surface area contributed by atoms with Crippen molar-refractivity contribution in [1.29, 1.82) is 0 Å². The predicted molar refractivity (Wildman–Crippen MR) is 93.2 cm³/mol. The van der Waals surface area contributed by atoms with E-state index in [1.165, 1.54) is 12.1 Å². The van der Waals surface area contributed by atoms with Crippen LogP contribution >= 0.6 is 0 Å². The zero-order valence-electron chi connectivity index (χ0n) is 14.6. The first-order valence-corrected chi connectivity index (χ1v) is 8.17. The number of benzene rings is 2. The quantitative estimate of drug-likeness (QED) is 0.447. The fourth-order valence-electron chi connectivity index (χ4n) is 2.76. The van der Waals surface area contributed by atoms with Crippen molar-refractivity contribution in [2.45, 2.75) is 32.5 Å². The topological polar surface area (TPSA) is 87.9 Å². The molecular formula is C19H19NO6. The van der Waals surface area contributed by atoms with E-state index in [-0.39, 0.29) is 24.5 Å². The zero-order chi connectivity index (χ0) is 18.7. The van der Waals surface area contributed by atoms with Gasteiger partial charge in [-0.2, -0.15) is 0 Å². The molecule has 1 aliphatic heterocycles. The third-order valence-electron chi connectivity index (χ3n) is 3.95. The molecule has 1 aliphatic rings. The van der Waals surface area contributed by atoms with Crippen LogP contribution in [-0.2, 0) is 22.6 Å². The Hall–Kier alpha value is -3.09. The maximum absolute atomic E-state index is 11.9. The summed E-state index contributed by atoms with van der Waals surface area (Å²) in [4.78, 5) is 22.0. The maximum Gasteiger partial charge on any atom is 0.344 e. The lowest BCUT2D eigenvalue weighted by Crippen LogP contribution is -2.24. The summed E-state index contributed by atoms with van der Waals surface area (Å²) >= 11 is 0. The number of nitrogens with zero attached hydrogens (tertiary/aromatic N) is 1. The number of para-hydroxylation sites is 1. The molecule has 2 aromatic carbocycles. The third-order valence-corrected chi connectivity index (χ3v) is 3.95. The molecule has 0 saturated carbocycles. The van der Waals surface area contributed by atoms with Crippen molar-refractivity contribution in [2.75, 3.05) is 6.61 Å². The molecule has 0 saturated heterocycles. The number of carbonyl (C=O) groups excluding carboxylic acids is 1. The summed E-state index contributed by atoms with van der Waals surface area (Å²) in [5.74, 6) is 0.652. The minimum absolute atomic E-state index is 0.00994. The second kappa shape index (κ2) is 7.03. The van der Waals surface area contributed by atoms with Gasteiger partial charge in [0.15, 0.2) is 18.1 Å². The number of hydrogen-bond acceptors (Lipinski definition) is 6. The average Bonchev–Trinajstić information content (AvgIpc) is 2.92. The van der Waals surface area contributed by atoms with Crippen molar-refractivity contribution in [3.63, 3.8) is 0 Å². The van der Waals surface area contributed by atoms with E-state index in [4.69, 9.17) is 14.2 Å². The zero-order valence-corrected chi connectivity index (χ0v) is 14.6. The van der Waals surface area contributed by atoms with Crippen LogP contribution in [0.25, 0.3) is 0 Å². The molecule has 0 bridgehead atoms. The fourth-order valence-corrected chi connectivity index (χ4v) is 2.76. The van der Waals surface area contributed by atoms with Gasteiger partial charge in [0.25, 0.3) is 5.69 Å². The van der Waals surface area contributed by atoms with Crippen LogP contribution in [0.1, 0.15) is 25.0 Å². The van der Waals surface area contributed by atoms with Crippen molar-refractivity contribution in [3.05, 3.63) is 63.7 Å². The lowest BCUT2D eigenvalue weighted by atomic mass is 10.0. The van der Waals surface area contributed by atoms with Crippen molar-refractivity contribution in [3.8, 4) is 11.5 Å². The molecule has 0 spiro atoms. The molecule has 0 radical (unpaired) electrons. The molecule has 0 amide bonds.